The zero-order valence-corrected chi connectivity index (χ0v) is 8.49. The highest BCUT2D eigenvalue weighted by atomic mass is 35.5. The Morgan fingerprint density at radius 3 is 2.80 bits per heavy atom. The van der Waals surface area contributed by atoms with Crippen molar-refractivity contribution in [3.05, 3.63) is 27.3 Å². The lowest BCUT2D eigenvalue weighted by atomic mass is 10.2. The smallest absolute Gasteiger partial charge is 0.293 e. The molecule has 0 unspecified atom stereocenters. The van der Waals surface area contributed by atoms with Crippen LogP contribution in [-0.2, 0) is 0 Å². The van der Waals surface area contributed by atoms with Crippen molar-refractivity contribution in [1.29, 1.82) is 0 Å². The van der Waals surface area contributed by atoms with E-state index < -0.39 is 4.92 Å². The highest BCUT2D eigenvalue weighted by Gasteiger charge is 2.15. The second kappa shape index (κ2) is 4.81. The van der Waals surface area contributed by atoms with Crippen LogP contribution in [0.1, 0.15) is 0 Å². The Kier molecular flexibility index (Phi) is 3.70. The molecule has 1 aromatic rings. The molecule has 0 fully saturated rings. The summed E-state index contributed by atoms with van der Waals surface area (Å²) in [6.45, 7) is 0.0849. The molecule has 0 aliphatic carbocycles. The Labute approximate surface area is 90.8 Å². The van der Waals surface area contributed by atoms with Crippen molar-refractivity contribution < 1.29 is 10.0 Å². The molecule has 0 saturated carbocycles. The standard InChI is InChI=1S/C8H10ClN3O3/c9-5-3-8(12(14)15)7(4-6(5)10)11-1-2-13/h3-4,11,13H,1-2,10H2. The Hall–Kier alpha value is -1.53. The number of rotatable bonds is 4. The van der Waals surface area contributed by atoms with Crippen LogP contribution in [0.25, 0.3) is 0 Å². The number of nitro benzene ring substituents is 1. The molecule has 7 heteroatoms. The minimum atomic E-state index is -0.564. The van der Waals surface area contributed by atoms with Gasteiger partial charge >= 0.3 is 0 Å². The number of benzene rings is 1. The maximum absolute atomic E-state index is 10.7. The number of anilines is 2. The van der Waals surface area contributed by atoms with Gasteiger partial charge in [-0.05, 0) is 6.07 Å². The van der Waals surface area contributed by atoms with E-state index in [0.29, 0.717) is 0 Å². The summed E-state index contributed by atoms with van der Waals surface area (Å²) in [6.07, 6.45) is 0. The molecule has 0 heterocycles. The molecule has 1 rings (SSSR count). The van der Waals surface area contributed by atoms with Gasteiger partial charge in [0.05, 0.1) is 22.2 Å². The van der Waals surface area contributed by atoms with Crippen LogP contribution in [0.5, 0.6) is 0 Å². The predicted molar refractivity (Wildman–Crippen MR) is 58.1 cm³/mol. The summed E-state index contributed by atoms with van der Waals surface area (Å²) in [5.41, 5.74) is 5.84. The quantitative estimate of drug-likeness (QED) is 0.411. The van der Waals surface area contributed by atoms with Crippen molar-refractivity contribution in [2.45, 2.75) is 0 Å². The van der Waals surface area contributed by atoms with E-state index in [2.05, 4.69) is 5.32 Å². The number of halogens is 1. The number of nitrogen functional groups attached to an aromatic ring is 1. The minimum Gasteiger partial charge on any atom is -0.397 e. The molecule has 0 atom stereocenters. The molecular formula is C8H10ClN3O3. The van der Waals surface area contributed by atoms with E-state index in [4.69, 9.17) is 22.4 Å². The normalized spacial score (nSPS) is 10.0. The van der Waals surface area contributed by atoms with Crippen LogP contribution < -0.4 is 11.1 Å². The molecule has 0 amide bonds. The number of nitro groups is 1. The zero-order chi connectivity index (χ0) is 11.4. The van der Waals surface area contributed by atoms with E-state index in [1.165, 1.54) is 12.1 Å². The van der Waals surface area contributed by atoms with Gasteiger partial charge in [-0.1, -0.05) is 11.6 Å². The summed E-state index contributed by atoms with van der Waals surface area (Å²) in [7, 11) is 0. The first kappa shape index (κ1) is 11.5. The molecular weight excluding hydrogens is 222 g/mol. The van der Waals surface area contributed by atoms with Crippen LogP contribution in [0.4, 0.5) is 17.1 Å². The van der Waals surface area contributed by atoms with Crippen molar-refractivity contribution in [2.24, 2.45) is 0 Å². The minimum absolute atomic E-state index is 0.125. The van der Waals surface area contributed by atoms with Crippen LogP contribution in [0, 0.1) is 10.1 Å². The van der Waals surface area contributed by atoms with E-state index in [1.807, 2.05) is 0 Å². The number of hydrogen-bond acceptors (Lipinski definition) is 5. The summed E-state index contributed by atoms with van der Waals surface area (Å²) in [4.78, 5) is 10.1. The fraction of sp³-hybridized carbons (Fsp3) is 0.250. The van der Waals surface area contributed by atoms with Gasteiger partial charge in [-0.25, -0.2) is 0 Å². The number of hydrogen-bond donors (Lipinski definition) is 3. The van der Waals surface area contributed by atoms with Crippen molar-refractivity contribution >= 4 is 28.7 Å². The van der Waals surface area contributed by atoms with Crippen LogP contribution in [0.15, 0.2) is 12.1 Å². The SMILES string of the molecule is Nc1cc(NCCO)c([N+](=O)[O-])cc1Cl. The van der Waals surface area contributed by atoms with Crippen LogP contribution in [0.3, 0.4) is 0 Å². The topological polar surface area (TPSA) is 101 Å². The van der Waals surface area contributed by atoms with Gasteiger partial charge in [-0.3, -0.25) is 10.1 Å². The van der Waals surface area contributed by atoms with Crippen LogP contribution >= 0.6 is 11.6 Å². The average Bonchev–Trinajstić information content (AvgIpc) is 2.19. The molecule has 15 heavy (non-hydrogen) atoms. The van der Waals surface area contributed by atoms with Gasteiger partial charge in [-0.15, -0.1) is 0 Å². The Morgan fingerprint density at radius 1 is 1.60 bits per heavy atom. The molecule has 0 radical (unpaired) electrons. The predicted octanol–water partition coefficient (Wildman–Crippen LogP) is 1.23. The fourth-order valence-electron chi connectivity index (χ4n) is 1.06. The van der Waals surface area contributed by atoms with Gasteiger partial charge in [0, 0.05) is 12.6 Å². The highest BCUT2D eigenvalue weighted by molar-refractivity contribution is 6.33. The van der Waals surface area contributed by atoms with Crippen molar-refractivity contribution in [3.63, 3.8) is 0 Å². The summed E-state index contributed by atoms with van der Waals surface area (Å²) in [6, 6.07) is 2.55. The number of aliphatic hydroxyl groups excluding tert-OH is 1. The Balaban J connectivity index is 3.10. The third-order valence-corrected chi connectivity index (χ3v) is 2.07. The fourth-order valence-corrected chi connectivity index (χ4v) is 1.22. The van der Waals surface area contributed by atoms with Crippen molar-refractivity contribution in [2.75, 3.05) is 24.2 Å². The lowest BCUT2D eigenvalue weighted by Gasteiger charge is -2.07. The summed E-state index contributed by atoms with van der Waals surface area (Å²) >= 11 is 5.66. The summed E-state index contributed by atoms with van der Waals surface area (Å²) in [5, 5.41) is 22.1. The van der Waals surface area contributed by atoms with E-state index in [-0.39, 0.29) is 35.2 Å². The maximum Gasteiger partial charge on any atom is 0.293 e. The zero-order valence-electron chi connectivity index (χ0n) is 7.74. The van der Waals surface area contributed by atoms with Gasteiger partial charge in [0.15, 0.2) is 0 Å². The molecule has 0 aliphatic rings. The number of nitrogens with two attached hydrogens (primary N) is 1. The molecule has 6 nitrogen and oxygen atoms in total. The number of aliphatic hydroxyl groups is 1. The molecule has 0 saturated heterocycles. The summed E-state index contributed by atoms with van der Waals surface area (Å²) in [5.74, 6) is 0. The maximum atomic E-state index is 10.7. The van der Waals surface area contributed by atoms with E-state index in [9.17, 15) is 10.1 Å². The van der Waals surface area contributed by atoms with Gasteiger partial charge in [0.1, 0.15) is 5.69 Å². The van der Waals surface area contributed by atoms with E-state index in [1.54, 1.807) is 0 Å². The molecule has 0 bridgehead atoms. The molecule has 0 spiro atoms. The van der Waals surface area contributed by atoms with E-state index in [0.717, 1.165) is 0 Å². The lowest BCUT2D eigenvalue weighted by molar-refractivity contribution is -0.383. The van der Waals surface area contributed by atoms with Crippen molar-refractivity contribution in [3.8, 4) is 0 Å². The third-order valence-electron chi connectivity index (χ3n) is 1.74. The van der Waals surface area contributed by atoms with Crippen LogP contribution in [-0.4, -0.2) is 23.2 Å². The van der Waals surface area contributed by atoms with Gasteiger partial charge < -0.3 is 16.2 Å². The molecule has 4 N–H and O–H groups in total. The average molecular weight is 232 g/mol. The van der Waals surface area contributed by atoms with Gasteiger partial charge in [0.2, 0.25) is 0 Å². The monoisotopic (exact) mass is 231 g/mol. The van der Waals surface area contributed by atoms with Crippen molar-refractivity contribution in [1.82, 2.24) is 0 Å². The molecule has 0 aliphatic heterocycles. The lowest BCUT2D eigenvalue weighted by Crippen LogP contribution is -2.08. The number of nitrogens with one attached hydrogen (secondary N) is 1. The Bertz CT molecular complexity index is 384. The highest BCUT2D eigenvalue weighted by Crippen LogP contribution is 2.32. The van der Waals surface area contributed by atoms with E-state index >= 15 is 0 Å². The molecule has 0 aromatic heterocycles. The largest absolute Gasteiger partial charge is 0.397 e. The second-order valence-electron chi connectivity index (χ2n) is 2.80. The second-order valence-corrected chi connectivity index (χ2v) is 3.21. The number of nitrogens with zero attached hydrogens (tertiary/aromatic N) is 1. The van der Waals surface area contributed by atoms with Crippen LogP contribution in [0.2, 0.25) is 5.02 Å². The third kappa shape index (κ3) is 2.71. The first-order valence-corrected chi connectivity index (χ1v) is 4.52. The van der Waals surface area contributed by atoms with Gasteiger partial charge in [-0.2, -0.15) is 0 Å². The Morgan fingerprint density at radius 2 is 2.27 bits per heavy atom. The first-order chi connectivity index (χ1) is 7.06. The van der Waals surface area contributed by atoms with Gasteiger partial charge in [0.25, 0.3) is 5.69 Å². The molecule has 1 aromatic carbocycles. The molecule has 82 valence electrons. The summed E-state index contributed by atoms with van der Waals surface area (Å²) < 4.78 is 0. The first-order valence-electron chi connectivity index (χ1n) is 4.14.